The summed E-state index contributed by atoms with van der Waals surface area (Å²) < 4.78 is 0. The minimum absolute atomic E-state index is 0.256. The SMILES string of the molecule is O=C(O)[C@H]1CCCN(Cc2cc(Cl)cc(Cl)c2)C1. The largest absolute Gasteiger partial charge is 0.481 e. The summed E-state index contributed by atoms with van der Waals surface area (Å²) in [5.41, 5.74) is 1.03. The van der Waals surface area contributed by atoms with Crippen molar-refractivity contribution in [1.82, 2.24) is 4.90 Å². The van der Waals surface area contributed by atoms with E-state index < -0.39 is 5.97 Å². The summed E-state index contributed by atoms with van der Waals surface area (Å²) in [5, 5.41) is 10.3. The quantitative estimate of drug-likeness (QED) is 0.927. The smallest absolute Gasteiger partial charge is 0.307 e. The lowest BCUT2D eigenvalue weighted by molar-refractivity contribution is -0.143. The van der Waals surface area contributed by atoms with Gasteiger partial charge >= 0.3 is 5.97 Å². The van der Waals surface area contributed by atoms with E-state index in [9.17, 15) is 4.79 Å². The van der Waals surface area contributed by atoms with Gasteiger partial charge in [0.25, 0.3) is 0 Å². The Morgan fingerprint density at radius 2 is 2.00 bits per heavy atom. The second-order valence-corrected chi connectivity index (χ2v) is 5.56. The summed E-state index contributed by atoms with van der Waals surface area (Å²) in [5.74, 6) is -0.961. The molecule has 3 nitrogen and oxygen atoms in total. The zero-order valence-corrected chi connectivity index (χ0v) is 11.4. The van der Waals surface area contributed by atoms with Crippen LogP contribution in [0.3, 0.4) is 0 Å². The molecule has 18 heavy (non-hydrogen) atoms. The van der Waals surface area contributed by atoms with Gasteiger partial charge in [-0.1, -0.05) is 23.2 Å². The van der Waals surface area contributed by atoms with Crippen LogP contribution in [0.25, 0.3) is 0 Å². The number of rotatable bonds is 3. The van der Waals surface area contributed by atoms with E-state index in [1.807, 2.05) is 12.1 Å². The zero-order chi connectivity index (χ0) is 13.1. The molecule has 98 valence electrons. The highest BCUT2D eigenvalue weighted by Gasteiger charge is 2.25. The fourth-order valence-electron chi connectivity index (χ4n) is 2.36. The van der Waals surface area contributed by atoms with Gasteiger partial charge in [-0.3, -0.25) is 9.69 Å². The second kappa shape index (κ2) is 5.91. The third-order valence-electron chi connectivity index (χ3n) is 3.18. The number of hydrogen-bond acceptors (Lipinski definition) is 2. The second-order valence-electron chi connectivity index (χ2n) is 4.69. The molecule has 0 bridgehead atoms. The monoisotopic (exact) mass is 287 g/mol. The predicted molar refractivity (Wildman–Crippen MR) is 72.1 cm³/mol. The summed E-state index contributed by atoms with van der Waals surface area (Å²) in [6.07, 6.45) is 1.69. The van der Waals surface area contributed by atoms with Gasteiger partial charge in [0, 0.05) is 23.1 Å². The maximum atomic E-state index is 11.0. The van der Waals surface area contributed by atoms with Crippen LogP contribution in [0.1, 0.15) is 18.4 Å². The lowest BCUT2D eigenvalue weighted by Gasteiger charge is -2.30. The fraction of sp³-hybridized carbons (Fsp3) is 0.462. The molecule has 1 saturated heterocycles. The summed E-state index contributed by atoms with van der Waals surface area (Å²) in [4.78, 5) is 13.1. The first-order valence-corrected chi connectivity index (χ1v) is 6.70. The van der Waals surface area contributed by atoms with Crippen molar-refractivity contribution in [3.05, 3.63) is 33.8 Å². The maximum absolute atomic E-state index is 11.0. The van der Waals surface area contributed by atoms with Crippen LogP contribution in [0.5, 0.6) is 0 Å². The van der Waals surface area contributed by atoms with Crippen molar-refractivity contribution in [2.75, 3.05) is 13.1 Å². The van der Waals surface area contributed by atoms with Crippen LogP contribution in [0.15, 0.2) is 18.2 Å². The van der Waals surface area contributed by atoms with Crippen molar-refractivity contribution in [2.45, 2.75) is 19.4 Å². The molecule has 2 rings (SSSR count). The number of hydrogen-bond donors (Lipinski definition) is 1. The molecule has 0 amide bonds. The number of nitrogens with zero attached hydrogens (tertiary/aromatic N) is 1. The minimum atomic E-state index is -0.705. The highest BCUT2D eigenvalue weighted by Crippen LogP contribution is 2.23. The molecule has 5 heteroatoms. The predicted octanol–water partition coefficient (Wildman–Crippen LogP) is 3.29. The van der Waals surface area contributed by atoms with Crippen LogP contribution in [0, 0.1) is 5.92 Å². The van der Waals surface area contributed by atoms with Gasteiger partial charge in [0.15, 0.2) is 0 Å². The number of aliphatic carboxylic acids is 1. The number of carboxylic acids is 1. The van der Waals surface area contributed by atoms with Gasteiger partial charge in [-0.2, -0.15) is 0 Å². The van der Waals surface area contributed by atoms with Gasteiger partial charge in [-0.05, 0) is 43.1 Å². The van der Waals surface area contributed by atoms with Gasteiger partial charge in [0.05, 0.1) is 5.92 Å². The van der Waals surface area contributed by atoms with E-state index >= 15 is 0 Å². The van der Waals surface area contributed by atoms with E-state index in [0.717, 1.165) is 24.9 Å². The standard InChI is InChI=1S/C13H15Cl2NO2/c14-11-4-9(5-12(15)6-11)7-16-3-1-2-10(8-16)13(17)18/h4-6,10H,1-3,7-8H2,(H,17,18)/t10-/m0/s1. The molecular weight excluding hydrogens is 273 g/mol. The Balaban J connectivity index is 2.02. The molecule has 0 aliphatic carbocycles. The van der Waals surface area contributed by atoms with Crippen LogP contribution >= 0.6 is 23.2 Å². The Morgan fingerprint density at radius 1 is 1.33 bits per heavy atom. The minimum Gasteiger partial charge on any atom is -0.481 e. The Kier molecular flexibility index (Phi) is 4.49. The van der Waals surface area contributed by atoms with Gasteiger partial charge in [0.2, 0.25) is 0 Å². The van der Waals surface area contributed by atoms with Crippen LogP contribution in [-0.2, 0) is 11.3 Å². The molecule has 1 aromatic rings. The topological polar surface area (TPSA) is 40.5 Å². The lowest BCUT2D eigenvalue weighted by Crippen LogP contribution is -2.38. The maximum Gasteiger partial charge on any atom is 0.307 e. The first-order valence-electron chi connectivity index (χ1n) is 5.95. The van der Waals surface area contributed by atoms with E-state index in [4.69, 9.17) is 28.3 Å². The Morgan fingerprint density at radius 3 is 2.61 bits per heavy atom. The van der Waals surface area contributed by atoms with E-state index in [1.165, 1.54) is 0 Å². The molecule has 1 atom stereocenters. The Labute approximate surface area is 116 Å². The number of piperidine rings is 1. The van der Waals surface area contributed by atoms with Gasteiger partial charge in [-0.25, -0.2) is 0 Å². The van der Waals surface area contributed by atoms with Crippen molar-refractivity contribution in [1.29, 1.82) is 0 Å². The molecular formula is C13H15Cl2NO2. The van der Waals surface area contributed by atoms with Gasteiger partial charge in [-0.15, -0.1) is 0 Å². The van der Waals surface area contributed by atoms with Gasteiger partial charge < -0.3 is 5.11 Å². The van der Waals surface area contributed by atoms with Crippen molar-refractivity contribution >= 4 is 29.2 Å². The average molecular weight is 288 g/mol. The normalized spacial score (nSPS) is 20.9. The molecule has 0 radical (unpaired) electrons. The van der Waals surface area contributed by atoms with E-state index in [-0.39, 0.29) is 5.92 Å². The third kappa shape index (κ3) is 3.61. The fourth-order valence-corrected chi connectivity index (χ4v) is 2.93. The van der Waals surface area contributed by atoms with Crippen molar-refractivity contribution in [3.8, 4) is 0 Å². The first-order chi connectivity index (χ1) is 8.54. The van der Waals surface area contributed by atoms with Crippen LogP contribution in [0.4, 0.5) is 0 Å². The molecule has 0 unspecified atom stereocenters. The average Bonchev–Trinajstić information content (AvgIpc) is 2.27. The molecule has 1 aliphatic rings. The molecule has 0 aromatic heterocycles. The zero-order valence-electron chi connectivity index (χ0n) is 9.90. The summed E-state index contributed by atoms with van der Waals surface area (Å²) in [6, 6.07) is 5.44. The summed E-state index contributed by atoms with van der Waals surface area (Å²) in [7, 11) is 0. The Bertz CT molecular complexity index is 430. The number of carboxylic acid groups (broad SMARTS) is 1. The summed E-state index contributed by atoms with van der Waals surface area (Å²) >= 11 is 11.9. The van der Waals surface area contributed by atoms with Crippen molar-refractivity contribution < 1.29 is 9.90 Å². The highest BCUT2D eigenvalue weighted by molar-refractivity contribution is 6.34. The van der Waals surface area contributed by atoms with Crippen molar-refractivity contribution in [2.24, 2.45) is 5.92 Å². The molecule has 1 heterocycles. The molecule has 1 aliphatic heterocycles. The van der Waals surface area contributed by atoms with E-state index in [0.29, 0.717) is 23.1 Å². The van der Waals surface area contributed by atoms with Crippen LogP contribution < -0.4 is 0 Å². The van der Waals surface area contributed by atoms with Crippen LogP contribution in [-0.4, -0.2) is 29.1 Å². The lowest BCUT2D eigenvalue weighted by atomic mass is 9.98. The van der Waals surface area contributed by atoms with Gasteiger partial charge in [0.1, 0.15) is 0 Å². The number of halogens is 2. The first kappa shape index (κ1) is 13.7. The number of benzene rings is 1. The Hall–Kier alpha value is -0.770. The molecule has 1 aromatic carbocycles. The number of likely N-dealkylation sites (tertiary alicyclic amines) is 1. The molecule has 1 N–H and O–H groups in total. The molecule has 0 saturated carbocycles. The van der Waals surface area contributed by atoms with Crippen LogP contribution in [0.2, 0.25) is 10.0 Å². The number of carbonyl (C=O) groups is 1. The third-order valence-corrected chi connectivity index (χ3v) is 3.62. The molecule has 0 spiro atoms. The summed E-state index contributed by atoms with van der Waals surface area (Å²) in [6.45, 7) is 2.22. The van der Waals surface area contributed by atoms with Crippen molar-refractivity contribution in [3.63, 3.8) is 0 Å². The highest BCUT2D eigenvalue weighted by atomic mass is 35.5. The van der Waals surface area contributed by atoms with E-state index in [1.54, 1.807) is 6.07 Å². The van der Waals surface area contributed by atoms with E-state index in [2.05, 4.69) is 4.90 Å². The molecule has 1 fully saturated rings.